The highest BCUT2D eigenvalue weighted by Gasteiger charge is 2.08. The molecule has 0 saturated heterocycles. The van der Waals surface area contributed by atoms with Gasteiger partial charge >= 0.3 is 0 Å². The van der Waals surface area contributed by atoms with Gasteiger partial charge in [0.2, 0.25) is 5.91 Å². The molecule has 29 heavy (non-hydrogen) atoms. The maximum Gasteiger partial charge on any atom is 0.251 e. The zero-order valence-electron chi connectivity index (χ0n) is 15.9. The minimum atomic E-state index is -0.205. The number of benzene rings is 2. The fraction of sp³-hybridized carbons (Fsp3) is 0.190. The van der Waals surface area contributed by atoms with Gasteiger partial charge in [0, 0.05) is 17.5 Å². The summed E-state index contributed by atoms with van der Waals surface area (Å²) >= 11 is 2.89. The SMILES string of the molecule is CCSCc1cc(=O)[nH]c(SCC(=O)Nc2ccc(Oc3ccccc3)cc2)n1. The van der Waals surface area contributed by atoms with Gasteiger partial charge in [-0.2, -0.15) is 11.8 Å². The third-order valence-electron chi connectivity index (χ3n) is 3.68. The Kier molecular flexibility index (Phi) is 7.77. The standard InChI is InChI=1S/C21H21N3O3S2/c1-2-28-13-16-12-19(25)24-21(23-16)29-14-20(26)22-15-8-10-18(11-9-15)27-17-6-4-3-5-7-17/h3-12H,2,13-14H2,1H3,(H,22,26)(H,23,24,25). The number of carbonyl (C=O) groups is 1. The highest BCUT2D eigenvalue weighted by molar-refractivity contribution is 7.99. The van der Waals surface area contributed by atoms with Crippen LogP contribution in [0.2, 0.25) is 0 Å². The molecule has 0 radical (unpaired) electrons. The number of nitrogens with one attached hydrogen (secondary N) is 2. The van der Waals surface area contributed by atoms with Crippen molar-refractivity contribution in [2.24, 2.45) is 0 Å². The van der Waals surface area contributed by atoms with Crippen molar-refractivity contribution in [1.29, 1.82) is 0 Å². The molecule has 6 nitrogen and oxygen atoms in total. The Labute approximate surface area is 177 Å². The van der Waals surface area contributed by atoms with Crippen molar-refractivity contribution in [3.8, 4) is 11.5 Å². The van der Waals surface area contributed by atoms with Crippen LogP contribution in [-0.2, 0) is 10.5 Å². The second-order valence-electron chi connectivity index (χ2n) is 5.96. The molecular weight excluding hydrogens is 406 g/mol. The van der Waals surface area contributed by atoms with E-state index in [-0.39, 0.29) is 17.2 Å². The van der Waals surface area contributed by atoms with Gasteiger partial charge in [0.15, 0.2) is 5.16 Å². The van der Waals surface area contributed by atoms with Crippen LogP contribution < -0.4 is 15.6 Å². The summed E-state index contributed by atoms with van der Waals surface area (Å²) in [5, 5.41) is 3.28. The number of anilines is 1. The minimum Gasteiger partial charge on any atom is -0.457 e. The molecule has 0 fully saturated rings. The maximum absolute atomic E-state index is 12.2. The van der Waals surface area contributed by atoms with Crippen LogP contribution in [0.25, 0.3) is 0 Å². The molecule has 0 saturated carbocycles. The normalized spacial score (nSPS) is 10.5. The summed E-state index contributed by atoms with van der Waals surface area (Å²) in [7, 11) is 0. The first-order valence-corrected chi connectivity index (χ1v) is 11.2. The van der Waals surface area contributed by atoms with Crippen LogP contribution in [0.5, 0.6) is 11.5 Å². The molecule has 0 aliphatic carbocycles. The first kappa shape index (κ1) is 21.0. The van der Waals surface area contributed by atoms with E-state index in [1.165, 1.54) is 17.8 Å². The zero-order valence-corrected chi connectivity index (χ0v) is 17.5. The molecule has 1 heterocycles. The summed E-state index contributed by atoms with van der Waals surface area (Å²) in [5.41, 5.74) is 1.19. The van der Waals surface area contributed by atoms with Gasteiger partial charge in [0.25, 0.3) is 5.56 Å². The molecule has 0 aliphatic rings. The predicted molar refractivity (Wildman–Crippen MR) is 119 cm³/mol. The molecule has 2 N–H and O–H groups in total. The number of para-hydroxylation sites is 1. The van der Waals surface area contributed by atoms with Gasteiger partial charge in [-0.05, 0) is 42.2 Å². The molecule has 3 rings (SSSR count). The van der Waals surface area contributed by atoms with E-state index in [1.807, 2.05) is 30.3 Å². The van der Waals surface area contributed by atoms with E-state index >= 15 is 0 Å². The highest BCUT2D eigenvalue weighted by Crippen LogP contribution is 2.23. The van der Waals surface area contributed by atoms with Crippen LogP contribution in [-0.4, -0.2) is 27.4 Å². The first-order chi connectivity index (χ1) is 14.1. The number of hydrogen-bond donors (Lipinski definition) is 2. The van der Waals surface area contributed by atoms with Gasteiger partial charge < -0.3 is 15.0 Å². The van der Waals surface area contributed by atoms with Gasteiger partial charge in [-0.15, -0.1) is 0 Å². The smallest absolute Gasteiger partial charge is 0.251 e. The monoisotopic (exact) mass is 427 g/mol. The predicted octanol–water partition coefficient (Wildman–Crippen LogP) is 4.55. The molecule has 0 unspecified atom stereocenters. The summed E-state index contributed by atoms with van der Waals surface area (Å²) in [5.74, 6) is 3.04. The molecule has 0 atom stereocenters. The Morgan fingerprint density at radius 3 is 2.55 bits per heavy atom. The van der Waals surface area contributed by atoms with Crippen LogP contribution in [0, 0.1) is 0 Å². The molecule has 8 heteroatoms. The van der Waals surface area contributed by atoms with Crippen molar-refractivity contribution < 1.29 is 9.53 Å². The zero-order chi connectivity index (χ0) is 20.5. The van der Waals surface area contributed by atoms with Crippen LogP contribution in [0.1, 0.15) is 12.6 Å². The second kappa shape index (κ2) is 10.7. The van der Waals surface area contributed by atoms with E-state index in [1.54, 1.807) is 36.0 Å². The summed E-state index contributed by atoms with van der Waals surface area (Å²) in [6.07, 6.45) is 0. The number of hydrogen-bond acceptors (Lipinski definition) is 6. The maximum atomic E-state index is 12.2. The van der Waals surface area contributed by atoms with E-state index in [4.69, 9.17) is 4.74 Å². The number of rotatable bonds is 9. The van der Waals surface area contributed by atoms with Crippen molar-refractivity contribution >= 4 is 35.1 Å². The second-order valence-corrected chi connectivity index (χ2v) is 8.19. The molecule has 150 valence electrons. The molecule has 0 bridgehead atoms. The van der Waals surface area contributed by atoms with Crippen molar-refractivity contribution in [3.05, 3.63) is 76.7 Å². The lowest BCUT2D eigenvalue weighted by Gasteiger charge is -2.08. The Morgan fingerprint density at radius 2 is 1.83 bits per heavy atom. The average molecular weight is 428 g/mol. The number of amides is 1. The van der Waals surface area contributed by atoms with E-state index < -0.39 is 0 Å². The number of thioether (sulfide) groups is 2. The van der Waals surface area contributed by atoms with Crippen LogP contribution in [0.4, 0.5) is 5.69 Å². The molecular formula is C21H21N3O3S2. The van der Waals surface area contributed by atoms with Crippen LogP contribution in [0.15, 0.2) is 70.6 Å². The summed E-state index contributed by atoms with van der Waals surface area (Å²) in [6, 6.07) is 18.1. The summed E-state index contributed by atoms with van der Waals surface area (Å²) < 4.78 is 5.73. The third-order valence-corrected chi connectivity index (χ3v) is 5.47. The topological polar surface area (TPSA) is 84.1 Å². The molecule has 1 aromatic heterocycles. The molecule has 3 aromatic rings. The van der Waals surface area contributed by atoms with E-state index in [0.29, 0.717) is 22.3 Å². The number of nitrogens with zero attached hydrogens (tertiary/aromatic N) is 1. The van der Waals surface area contributed by atoms with Crippen molar-refractivity contribution in [3.63, 3.8) is 0 Å². The van der Waals surface area contributed by atoms with Gasteiger partial charge in [0.1, 0.15) is 11.5 Å². The lowest BCUT2D eigenvalue weighted by molar-refractivity contribution is -0.113. The number of carbonyl (C=O) groups excluding carboxylic acids is 1. The number of aromatic amines is 1. The molecule has 0 spiro atoms. The Bertz CT molecular complexity index is 992. The van der Waals surface area contributed by atoms with Crippen molar-refractivity contribution in [1.82, 2.24) is 9.97 Å². The summed E-state index contributed by atoms with van der Waals surface area (Å²) in [6.45, 7) is 2.05. The van der Waals surface area contributed by atoms with Gasteiger partial charge in [-0.3, -0.25) is 9.59 Å². The van der Waals surface area contributed by atoms with Crippen molar-refractivity contribution in [2.75, 3.05) is 16.8 Å². The minimum absolute atomic E-state index is 0.148. The van der Waals surface area contributed by atoms with Crippen LogP contribution >= 0.6 is 23.5 Å². The number of aromatic nitrogens is 2. The first-order valence-electron chi connectivity index (χ1n) is 9.06. The fourth-order valence-corrected chi connectivity index (χ4v) is 3.65. The fourth-order valence-electron chi connectivity index (χ4n) is 2.39. The Hall–Kier alpha value is -2.71. The van der Waals surface area contributed by atoms with Gasteiger partial charge in [-0.1, -0.05) is 36.9 Å². The molecule has 2 aromatic carbocycles. The Morgan fingerprint density at radius 1 is 1.10 bits per heavy atom. The third kappa shape index (κ3) is 6.99. The van der Waals surface area contributed by atoms with Gasteiger partial charge in [0.05, 0.1) is 11.4 Å². The van der Waals surface area contributed by atoms with E-state index in [0.717, 1.165) is 17.2 Å². The quantitative estimate of drug-likeness (QED) is 0.385. The lowest BCUT2D eigenvalue weighted by atomic mass is 10.3. The average Bonchev–Trinajstić information content (AvgIpc) is 2.73. The van der Waals surface area contributed by atoms with E-state index in [9.17, 15) is 9.59 Å². The molecule has 0 aliphatic heterocycles. The van der Waals surface area contributed by atoms with E-state index in [2.05, 4.69) is 22.2 Å². The van der Waals surface area contributed by atoms with Gasteiger partial charge in [-0.25, -0.2) is 4.98 Å². The van der Waals surface area contributed by atoms with Crippen LogP contribution in [0.3, 0.4) is 0 Å². The largest absolute Gasteiger partial charge is 0.457 e. The number of ether oxygens (including phenoxy) is 1. The highest BCUT2D eigenvalue weighted by atomic mass is 32.2. The Balaban J connectivity index is 1.52. The number of H-pyrrole nitrogens is 1. The lowest BCUT2D eigenvalue weighted by Crippen LogP contribution is -2.15. The molecule has 1 amide bonds. The summed E-state index contributed by atoms with van der Waals surface area (Å²) in [4.78, 5) is 31.0. The van der Waals surface area contributed by atoms with Crippen molar-refractivity contribution in [2.45, 2.75) is 17.8 Å².